The van der Waals surface area contributed by atoms with Gasteiger partial charge in [-0.2, -0.15) is 0 Å². The maximum atomic E-state index is 13.2. The zero-order valence-corrected chi connectivity index (χ0v) is 10.2. The number of benzene rings is 1. The van der Waals surface area contributed by atoms with Gasteiger partial charge in [0.25, 0.3) is 0 Å². The molecule has 0 atom stereocenters. The number of halogens is 2. The van der Waals surface area contributed by atoms with Gasteiger partial charge in [-0.05, 0) is 36.6 Å². The highest BCUT2D eigenvalue weighted by Crippen LogP contribution is 2.23. The summed E-state index contributed by atoms with van der Waals surface area (Å²) >= 11 is 5.63. The highest BCUT2D eigenvalue weighted by atomic mass is 35.5. The number of hydrogen-bond donors (Lipinski definition) is 1. The van der Waals surface area contributed by atoms with Gasteiger partial charge < -0.3 is 5.32 Å². The van der Waals surface area contributed by atoms with Crippen molar-refractivity contribution in [2.75, 3.05) is 13.6 Å². The van der Waals surface area contributed by atoms with Crippen molar-refractivity contribution in [3.05, 3.63) is 34.6 Å². The highest BCUT2D eigenvalue weighted by Gasteiger charge is 2.17. The van der Waals surface area contributed by atoms with Gasteiger partial charge in [0.15, 0.2) is 0 Å². The van der Waals surface area contributed by atoms with Crippen molar-refractivity contribution in [2.24, 2.45) is 5.41 Å². The summed E-state index contributed by atoms with van der Waals surface area (Å²) < 4.78 is 13.2. The van der Waals surface area contributed by atoms with Gasteiger partial charge >= 0.3 is 0 Å². The Labute approximate surface area is 95.6 Å². The fraction of sp³-hybridized carbons (Fsp3) is 0.500. The highest BCUT2D eigenvalue weighted by molar-refractivity contribution is 6.30. The molecule has 0 aromatic heterocycles. The summed E-state index contributed by atoms with van der Waals surface area (Å²) in [4.78, 5) is 0. The van der Waals surface area contributed by atoms with E-state index in [0.717, 1.165) is 18.5 Å². The van der Waals surface area contributed by atoms with E-state index in [0.29, 0.717) is 0 Å². The van der Waals surface area contributed by atoms with Crippen LogP contribution in [0.1, 0.15) is 19.4 Å². The number of hydrogen-bond acceptors (Lipinski definition) is 1. The molecule has 0 aliphatic heterocycles. The van der Waals surface area contributed by atoms with Crippen LogP contribution in [-0.4, -0.2) is 13.6 Å². The SMILES string of the molecule is CNCC(C)(C)Cc1ccc(Cl)c(F)c1. The Morgan fingerprint density at radius 3 is 2.60 bits per heavy atom. The molecule has 0 bridgehead atoms. The lowest BCUT2D eigenvalue weighted by Gasteiger charge is -2.24. The van der Waals surface area contributed by atoms with Crippen molar-refractivity contribution >= 4 is 11.6 Å². The Morgan fingerprint density at radius 2 is 2.07 bits per heavy atom. The summed E-state index contributed by atoms with van der Waals surface area (Å²) in [6, 6.07) is 5.00. The molecule has 0 aliphatic carbocycles. The minimum absolute atomic E-state index is 0.120. The van der Waals surface area contributed by atoms with Crippen LogP contribution in [-0.2, 0) is 6.42 Å². The topological polar surface area (TPSA) is 12.0 Å². The van der Waals surface area contributed by atoms with Crippen LogP contribution in [0.4, 0.5) is 4.39 Å². The third kappa shape index (κ3) is 3.80. The predicted octanol–water partition coefficient (Wildman–Crippen LogP) is 3.27. The molecule has 1 nitrogen and oxygen atoms in total. The van der Waals surface area contributed by atoms with Gasteiger partial charge in [0.05, 0.1) is 5.02 Å². The third-order valence-corrected chi connectivity index (χ3v) is 2.63. The summed E-state index contributed by atoms with van der Waals surface area (Å²) in [7, 11) is 1.92. The minimum Gasteiger partial charge on any atom is -0.319 e. The molecule has 0 spiro atoms. The molecule has 0 fully saturated rings. The Hall–Kier alpha value is -0.600. The molecular weight excluding hydrogens is 213 g/mol. The maximum absolute atomic E-state index is 13.2. The molecular formula is C12H17ClFN. The second kappa shape index (κ2) is 4.95. The first kappa shape index (κ1) is 12.5. The van der Waals surface area contributed by atoms with Crippen molar-refractivity contribution in [2.45, 2.75) is 20.3 Å². The summed E-state index contributed by atoms with van der Waals surface area (Å²) in [5.74, 6) is -0.338. The molecule has 0 saturated carbocycles. The van der Waals surface area contributed by atoms with Crippen molar-refractivity contribution in [1.29, 1.82) is 0 Å². The van der Waals surface area contributed by atoms with E-state index in [9.17, 15) is 4.39 Å². The van der Waals surface area contributed by atoms with Gasteiger partial charge in [-0.1, -0.05) is 31.5 Å². The molecule has 0 radical (unpaired) electrons. The summed E-state index contributed by atoms with van der Waals surface area (Å²) in [6.07, 6.45) is 0.835. The van der Waals surface area contributed by atoms with Crippen LogP contribution < -0.4 is 5.32 Å². The van der Waals surface area contributed by atoms with Crippen molar-refractivity contribution < 1.29 is 4.39 Å². The fourth-order valence-electron chi connectivity index (χ4n) is 1.74. The zero-order chi connectivity index (χ0) is 11.5. The van der Waals surface area contributed by atoms with Gasteiger partial charge in [0, 0.05) is 6.54 Å². The Kier molecular flexibility index (Phi) is 4.12. The van der Waals surface area contributed by atoms with Gasteiger partial charge in [-0.15, -0.1) is 0 Å². The first-order valence-corrected chi connectivity index (χ1v) is 5.41. The second-order valence-corrected chi connectivity index (χ2v) is 5.03. The molecule has 1 aromatic carbocycles. The summed E-state index contributed by atoms with van der Waals surface area (Å²) in [5, 5.41) is 3.32. The molecule has 15 heavy (non-hydrogen) atoms. The monoisotopic (exact) mass is 229 g/mol. The lowest BCUT2D eigenvalue weighted by molar-refractivity contribution is 0.349. The van der Waals surface area contributed by atoms with Crippen LogP contribution in [0.3, 0.4) is 0 Å². The molecule has 84 valence electrons. The van der Waals surface area contributed by atoms with E-state index in [2.05, 4.69) is 19.2 Å². The average Bonchev–Trinajstić information content (AvgIpc) is 2.10. The van der Waals surface area contributed by atoms with Crippen LogP contribution in [0.25, 0.3) is 0 Å². The largest absolute Gasteiger partial charge is 0.319 e. The molecule has 0 heterocycles. The zero-order valence-electron chi connectivity index (χ0n) is 9.40. The van der Waals surface area contributed by atoms with Crippen molar-refractivity contribution in [3.63, 3.8) is 0 Å². The molecule has 0 saturated heterocycles. The van der Waals surface area contributed by atoms with Crippen LogP contribution in [0.2, 0.25) is 5.02 Å². The van der Waals surface area contributed by atoms with E-state index in [1.54, 1.807) is 6.07 Å². The fourth-order valence-corrected chi connectivity index (χ4v) is 1.86. The third-order valence-electron chi connectivity index (χ3n) is 2.32. The smallest absolute Gasteiger partial charge is 0.142 e. The predicted molar refractivity (Wildman–Crippen MR) is 62.8 cm³/mol. The van der Waals surface area contributed by atoms with Crippen molar-refractivity contribution in [1.82, 2.24) is 5.32 Å². The Balaban J connectivity index is 2.76. The molecule has 1 N–H and O–H groups in total. The van der Waals surface area contributed by atoms with Crippen LogP contribution in [0.5, 0.6) is 0 Å². The second-order valence-electron chi connectivity index (χ2n) is 4.62. The van der Waals surface area contributed by atoms with Gasteiger partial charge in [0.2, 0.25) is 0 Å². The van der Waals surface area contributed by atoms with E-state index in [1.165, 1.54) is 6.07 Å². The average molecular weight is 230 g/mol. The number of nitrogens with one attached hydrogen (secondary N) is 1. The molecule has 3 heteroatoms. The first-order valence-electron chi connectivity index (χ1n) is 5.03. The standard InChI is InChI=1S/C12H17ClFN/c1-12(2,8-15-3)7-9-4-5-10(13)11(14)6-9/h4-6,15H,7-8H2,1-3H3. The molecule has 1 aromatic rings. The van der Waals surface area contributed by atoms with E-state index in [-0.39, 0.29) is 16.3 Å². The normalized spacial score (nSPS) is 11.8. The maximum Gasteiger partial charge on any atom is 0.142 e. The lowest BCUT2D eigenvalue weighted by atomic mass is 9.86. The molecule has 0 aliphatic rings. The summed E-state index contributed by atoms with van der Waals surface area (Å²) in [5.41, 5.74) is 1.10. The van der Waals surface area contributed by atoms with Crippen LogP contribution in [0.15, 0.2) is 18.2 Å². The van der Waals surface area contributed by atoms with E-state index >= 15 is 0 Å². The van der Waals surface area contributed by atoms with Crippen molar-refractivity contribution in [3.8, 4) is 0 Å². The molecule has 0 unspecified atom stereocenters. The molecule has 0 amide bonds. The minimum atomic E-state index is -0.338. The lowest BCUT2D eigenvalue weighted by Crippen LogP contribution is -2.28. The summed E-state index contributed by atoms with van der Waals surface area (Å²) in [6.45, 7) is 5.20. The van der Waals surface area contributed by atoms with Crippen LogP contribution in [0, 0.1) is 11.2 Å². The van der Waals surface area contributed by atoms with E-state index < -0.39 is 0 Å². The van der Waals surface area contributed by atoms with Gasteiger partial charge in [0.1, 0.15) is 5.82 Å². The van der Waals surface area contributed by atoms with Crippen LogP contribution >= 0.6 is 11.6 Å². The number of rotatable bonds is 4. The van der Waals surface area contributed by atoms with E-state index in [4.69, 9.17) is 11.6 Å². The van der Waals surface area contributed by atoms with Gasteiger partial charge in [-0.3, -0.25) is 0 Å². The van der Waals surface area contributed by atoms with E-state index in [1.807, 2.05) is 13.1 Å². The first-order chi connectivity index (χ1) is 6.94. The quantitative estimate of drug-likeness (QED) is 0.836. The van der Waals surface area contributed by atoms with Gasteiger partial charge in [-0.25, -0.2) is 4.39 Å². The Morgan fingerprint density at radius 1 is 1.40 bits per heavy atom. The Bertz CT molecular complexity index is 336. The molecule has 1 rings (SSSR count).